The number of fused-ring (bicyclic) bond motifs is 1. The molecule has 1 aromatic carbocycles. The van der Waals surface area contributed by atoms with Gasteiger partial charge in [-0.1, -0.05) is 24.3 Å². The molecule has 1 atom stereocenters. The molecule has 3 rings (SSSR count). The fourth-order valence-electron chi connectivity index (χ4n) is 2.12. The molecule has 0 aliphatic carbocycles. The first-order valence-electron chi connectivity index (χ1n) is 5.87. The molecule has 0 bridgehead atoms. The molecule has 19 heavy (non-hydrogen) atoms. The van der Waals surface area contributed by atoms with Crippen molar-refractivity contribution in [3.05, 3.63) is 70.7 Å². The van der Waals surface area contributed by atoms with Gasteiger partial charge in [-0.15, -0.1) is 0 Å². The summed E-state index contributed by atoms with van der Waals surface area (Å²) < 4.78 is 0.845. The molecular formula is C15H11BrN2O. The average molecular weight is 315 g/mol. The predicted molar refractivity (Wildman–Crippen MR) is 77.7 cm³/mol. The summed E-state index contributed by atoms with van der Waals surface area (Å²) in [4.78, 5) is 8.27. The molecule has 3 aromatic rings. The van der Waals surface area contributed by atoms with Crippen LogP contribution in [0.15, 0.2) is 59.6 Å². The normalized spacial score (nSPS) is 12.5. The lowest BCUT2D eigenvalue weighted by atomic mass is 9.99. The highest BCUT2D eigenvalue weighted by Gasteiger charge is 2.14. The first-order chi connectivity index (χ1) is 9.25. The van der Waals surface area contributed by atoms with Crippen molar-refractivity contribution in [1.82, 2.24) is 9.97 Å². The van der Waals surface area contributed by atoms with E-state index in [1.54, 1.807) is 24.8 Å². The third-order valence-electron chi connectivity index (χ3n) is 3.04. The molecule has 1 unspecified atom stereocenters. The van der Waals surface area contributed by atoms with Crippen LogP contribution in [0.4, 0.5) is 0 Å². The second-order valence-electron chi connectivity index (χ2n) is 4.29. The molecule has 3 nitrogen and oxygen atoms in total. The summed E-state index contributed by atoms with van der Waals surface area (Å²) in [6, 6.07) is 9.75. The zero-order chi connectivity index (χ0) is 13.2. The minimum atomic E-state index is -0.733. The third kappa shape index (κ3) is 2.37. The van der Waals surface area contributed by atoms with Gasteiger partial charge in [0, 0.05) is 45.8 Å². The van der Waals surface area contributed by atoms with Gasteiger partial charge in [0.2, 0.25) is 0 Å². The minimum absolute atomic E-state index is 0.733. The fraction of sp³-hybridized carbons (Fsp3) is 0.0667. The molecule has 2 heterocycles. The quantitative estimate of drug-likeness (QED) is 0.787. The average Bonchev–Trinajstić information content (AvgIpc) is 2.46. The summed E-state index contributed by atoms with van der Waals surface area (Å²) in [5.41, 5.74) is 1.53. The van der Waals surface area contributed by atoms with Crippen LogP contribution in [0, 0.1) is 0 Å². The second kappa shape index (κ2) is 5.07. The van der Waals surface area contributed by atoms with E-state index in [0.717, 1.165) is 26.4 Å². The predicted octanol–water partition coefficient (Wildman–Crippen LogP) is 3.47. The number of rotatable bonds is 2. The van der Waals surface area contributed by atoms with Gasteiger partial charge in [-0.05, 0) is 27.4 Å². The van der Waals surface area contributed by atoms with E-state index in [0.29, 0.717) is 0 Å². The summed E-state index contributed by atoms with van der Waals surface area (Å²) >= 11 is 3.36. The van der Waals surface area contributed by atoms with Gasteiger partial charge in [0.25, 0.3) is 0 Å². The van der Waals surface area contributed by atoms with Gasteiger partial charge in [-0.2, -0.15) is 0 Å². The van der Waals surface area contributed by atoms with Crippen molar-refractivity contribution in [3.63, 3.8) is 0 Å². The van der Waals surface area contributed by atoms with Crippen molar-refractivity contribution in [2.45, 2.75) is 6.10 Å². The van der Waals surface area contributed by atoms with Gasteiger partial charge in [0.15, 0.2) is 0 Å². The molecule has 0 aliphatic heterocycles. The summed E-state index contributed by atoms with van der Waals surface area (Å²) in [5, 5.41) is 12.5. The Morgan fingerprint density at radius 1 is 1.00 bits per heavy atom. The van der Waals surface area contributed by atoms with Gasteiger partial charge in [-0.3, -0.25) is 9.97 Å². The lowest BCUT2D eigenvalue weighted by Gasteiger charge is -2.13. The molecule has 0 saturated carbocycles. The van der Waals surface area contributed by atoms with Crippen LogP contribution in [0.25, 0.3) is 10.8 Å². The molecule has 4 heteroatoms. The maximum Gasteiger partial charge on any atom is 0.108 e. The Balaban J connectivity index is 2.14. The molecule has 0 radical (unpaired) electrons. The van der Waals surface area contributed by atoms with Crippen LogP contribution in [-0.4, -0.2) is 15.1 Å². The van der Waals surface area contributed by atoms with Crippen LogP contribution in [0.1, 0.15) is 17.2 Å². The van der Waals surface area contributed by atoms with E-state index in [9.17, 15) is 5.11 Å². The molecule has 0 fully saturated rings. The number of aliphatic hydroxyl groups excluding tert-OH is 1. The highest BCUT2D eigenvalue weighted by molar-refractivity contribution is 9.10. The van der Waals surface area contributed by atoms with E-state index >= 15 is 0 Å². The molecule has 94 valence electrons. The summed E-state index contributed by atoms with van der Waals surface area (Å²) in [6.07, 6.45) is 6.12. The van der Waals surface area contributed by atoms with Crippen LogP contribution in [0.3, 0.4) is 0 Å². The van der Waals surface area contributed by atoms with Crippen molar-refractivity contribution in [3.8, 4) is 0 Å². The number of pyridine rings is 2. The van der Waals surface area contributed by atoms with Crippen molar-refractivity contribution in [2.75, 3.05) is 0 Å². The zero-order valence-corrected chi connectivity index (χ0v) is 11.6. The molecular weight excluding hydrogens is 304 g/mol. The van der Waals surface area contributed by atoms with Crippen molar-refractivity contribution >= 4 is 26.7 Å². The molecule has 2 aromatic heterocycles. The van der Waals surface area contributed by atoms with E-state index < -0.39 is 6.10 Å². The summed E-state index contributed by atoms with van der Waals surface area (Å²) in [5.74, 6) is 0. The Morgan fingerprint density at radius 2 is 1.79 bits per heavy atom. The molecule has 0 spiro atoms. The Bertz CT molecular complexity index is 725. The van der Waals surface area contributed by atoms with E-state index in [4.69, 9.17) is 0 Å². The molecule has 0 saturated heterocycles. The number of halogens is 1. The molecule has 1 N–H and O–H groups in total. The number of nitrogens with zero attached hydrogens (tertiary/aromatic N) is 2. The first kappa shape index (κ1) is 12.3. The monoisotopic (exact) mass is 314 g/mol. The first-order valence-corrected chi connectivity index (χ1v) is 6.66. The number of aliphatic hydroxyl groups is 1. The van der Waals surface area contributed by atoms with Gasteiger partial charge >= 0.3 is 0 Å². The number of hydrogen-bond donors (Lipinski definition) is 1. The van der Waals surface area contributed by atoms with E-state index in [1.807, 2.05) is 30.3 Å². The Morgan fingerprint density at radius 3 is 2.63 bits per heavy atom. The smallest absolute Gasteiger partial charge is 0.108 e. The lowest BCUT2D eigenvalue weighted by Crippen LogP contribution is -2.02. The van der Waals surface area contributed by atoms with Crippen molar-refractivity contribution in [1.29, 1.82) is 0 Å². The summed E-state index contributed by atoms with van der Waals surface area (Å²) in [6.45, 7) is 0. The van der Waals surface area contributed by atoms with Gasteiger partial charge in [0.05, 0.1) is 0 Å². The molecule has 0 aliphatic rings. The van der Waals surface area contributed by atoms with Gasteiger partial charge < -0.3 is 5.11 Å². The SMILES string of the molecule is OC(c1cncc(Br)c1)c1cncc2ccccc12. The maximum atomic E-state index is 10.5. The fourth-order valence-corrected chi connectivity index (χ4v) is 2.50. The van der Waals surface area contributed by atoms with Crippen molar-refractivity contribution < 1.29 is 5.11 Å². The lowest BCUT2D eigenvalue weighted by molar-refractivity contribution is 0.221. The summed E-state index contributed by atoms with van der Waals surface area (Å²) in [7, 11) is 0. The topological polar surface area (TPSA) is 46.0 Å². The van der Waals surface area contributed by atoms with Gasteiger partial charge in [0.1, 0.15) is 6.10 Å². The highest BCUT2D eigenvalue weighted by Crippen LogP contribution is 2.28. The Labute approximate surface area is 119 Å². The van der Waals surface area contributed by atoms with Crippen molar-refractivity contribution in [2.24, 2.45) is 0 Å². The maximum absolute atomic E-state index is 10.5. The highest BCUT2D eigenvalue weighted by atomic mass is 79.9. The van der Waals surface area contributed by atoms with E-state index in [2.05, 4.69) is 25.9 Å². The van der Waals surface area contributed by atoms with Crippen LogP contribution in [-0.2, 0) is 0 Å². The van der Waals surface area contributed by atoms with Gasteiger partial charge in [-0.25, -0.2) is 0 Å². The van der Waals surface area contributed by atoms with Crippen LogP contribution >= 0.6 is 15.9 Å². The standard InChI is InChI=1S/C15H11BrN2O/c16-12-5-11(7-17-8-12)15(19)14-9-18-6-10-3-1-2-4-13(10)14/h1-9,15,19H. The van der Waals surface area contributed by atoms with E-state index in [1.165, 1.54) is 0 Å². The van der Waals surface area contributed by atoms with Crippen LogP contribution in [0.5, 0.6) is 0 Å². The zero-order valence-electron chi connectivity index (χ0n) is 9.99. The Hall–Kier alpha value is -1.78. The Kier molecular flexibility index (Phi) is 3.27. The second-order valence-corrected chi connectivity index (χ2v) is 5.20. The molecule has 0 amide bonds. The number of hydrogen-bond acceptors (Lipinski definition) is 3. The third-order valence-corrected chi connectivity index (χ3v) is 3.47. The minimum Gasteiger partial charge on any atom is -0.384 e. The van der Waals surface area contributed by atoms with E-state index in [-0.39, 0.29) is 0 Å². The van der Waals surface area contributed by atoms with Crippen LogP contribution in [0.2, 0.25) is 0 Å². The number of aromatic nitrogens is 2. The number of benzene rings is 1. The largest absolute Gasteiger partial charge is 0.384 e. The van der Waals surface area contributed by atoms with Crippen LogP contribution < -0.4 is 0 Å².